The van der Waals surface area contributed by atoms with Crippen LogP contribution in [-0.2, 0) is 4.79 Å². The molecule has 0 heterocycles. The van der Waals surface area contributed by atoms with E-state index in [0.29, 0.717) is 22.8 Å². The van der Waals surface area contributed by atoms with Crippen LogP contribution in [0.2, 0.25) is 0 Å². The molecule has 0 amide bonds. The molecule has 0 atom stereocenters. The number of carbonyl (C=O) groups excluding carboxylic acids is 2. The molecule has 0 saturated heterocycles. The van der Waals surface area contributed by atoms with E-state index in [1.807, 2.05) is 19.1 Å². The Balaban J connectivity index is 1.98. The summed E-state index contributed by atoms with van der Waals surface area (Å²) in [5, 5.41) is 0. The molecule has 0 aliphatic carbocycles. The molecule has 0 aliphatic rings. The second-order valence-electron chi connectivity index (χ2n) is 5.00. The van der Waals surface area contributed by atoms with Gasteiger partial charge in [0.15, 0.2) is 23.9 Å². The van der Waals surface area contributed by atoms with Crippen LogP contribution >= 0.6 is 0 Å². The zero-order chi connectivity index (χ0) is 16.8. The van der Waals surface area contributed by atoms with Gasteiger partial charge in [-0.25, -0.2) is 4.79 Å². The highest BCUT2D eigenvalue weighted by molar-refractivity contribution is 5.94. The van der Waals surface area contributed by atoms with E-state index in [9.17, 15) is 9.59 Å². The van der Waals surface area contributed by atoms with Gasteiger partial charge in [-0.3, -0.25) is 4.79 Å². The van der Waals surface area contributed by atoms with Crippen LogP contribution in [0.3, 0.4) is 0 Å². The van der Waals surface area contributed by atoms with Crippen molar-refractivity contribution in [3.05, 3.63) is 53.6 Å². The maximum atomic E-state index is 11.8. The minimum Gasteiger partial charge on any atom is -0.493 e. The number of rotatable bonds is 6. The fraction of sp³-hybridized carbons (Fsp3) is 0.222. The van der Waals surface area contributed by atoms with E-state index in [2.05, 4.69) is 0 Å². The summed E-state index contributed by atoms with van der Waals surface area (Å²) in [5.74, 6) is 0.627. The molecular formula is C18H18O5. The van der Waals surface area contributed by atoms with Crippen molar-refractivity contribution in [2.45, 2.75) is 13.8 Å². The topological polar surface area (TPSA) is 61.8 Å². The number of carbonyl (C=O) groups is 2. The van der Waals surface area contributed by atoms with E-state index in [4.69, 9.17) is 14.2 Å². The molecule has 0 bridgehead atoms. The first-order valence-corrected chi connectivity index (χ1v) is 7.08. The number of benzene rings is 2. The summed E-state index contributed by atoms with van der Waals surface area (Å²) in [6.45, 7) is 3.16. The molecule has 5 heteroatoms. The van der Waals surface area contributed by atoms with E-state index in [0.717, 1.165) is 5.56 Å². The Bertz CT molecular complexity index is 704. The van der Waals surface area contributed by atoms with Crippen molar-refractivity contribution in [3.63, 3.8) is 0 Å². The zero-order valence-corrected chi connectivity index (χ0v) is 13.3. The minimum absolute atomic E-state index is 0.0753. The Morgan fingerprint density at radius 3 is 2.30 bits per heavy atom. The van der Waals surface area contributed by atoms with Gasteiger partial charge in [-0.05, 0) is 44.2 Å². The van der Waals surface area contributed by atoms with Crippen molar-refractivity contribution in [1.82, 2.24) is 0 Å². The van der Waals surface area contributed by atoms with Gasteiger partial charge in [0, 0.05) is 5.56 Å². The van der Waals surface area contributed by atoms with Crippen LogP contribution in [0, 0.1) is 6.92 Å². The Kier molecular flexibility index (Phi) is 5.36. The summed E-state index contributed by atoms with van der Waals surface area (Å²) in [7, 11) is 1.47. The first-order chi connectivity index (χ1) is 11.0. The summed E-state index contributed by atoms with van der Waals surface area (Å²) in [4.78, 5) is 23.2. The van der Waals surface area contributed by atoms with E-state index >= 15 is 0 Å². The van der Waals surface area contributed by atoms with E-state index in [1.165, 1.54) is 14.0 Å². The molecule has 0 unspecified atom stereocenters. The lowest BCUT2D eigenvalue weighted by Crippen LogP contribution is -2.18. The maximum Gasteiger partial charge on any atom is 0.349 e. The second-order valence-corrected chi connectivity index (χ2v) is 5.00. The number of ketones is 1. The van der Waals surface area contributed by atoms with Crippen LogP contribution in [0.4, 0.5) is 0 Å². The van der Waals surface area contributed by atoms with Gasteiger partial charge < -0.3 is 14.2 Å². The van der Waals surface area contributed by atoms with Crippen molar-refractivity contribution >= 4 is 11.8 Å². The monoisotopic (exact) mass is 314 g/mol. The lowest BCUT2D eigenvalue weighted by molar-refractivity contribution is -0.136. The normalized spacial score (nSPS) is 10.0. The highest BCUT2D eigenvalue weighted by Gasteiger charge is 2.11. The second kappa shape index (κ2) is 7.45. The van der Waals surface area contributed by atoms with Crippen molar-refractivity contribution in [1.29, 1.82) is 0 Å². The SMILES string of the molecule is COc1cc(C(C)=O)ccc1OCC(=O)Oc1ccc(C)cc1. The number of hydrogen-bond acceptors (Lipinski definition) is 5. The standard InChI is InChI=1S/C18H18O5/c1-12-4-7-15(8-5-12)23-18(20)11-22-16-9-6-14(13(2)19)10-17(16)21-3/h4-10H,11H2,1-3H3. The minimum atomic E-state index is -0.522. The Labute approximate surface area is 134 Å². The van der Waals surface area contributed by atoms with Crippen molar-refractivity contribution in [3.8, 4) is 17.2 Å². The first-order valence-electron chi connectivity index (χ1n) is 7.08. The zero-order valence-electron chi connectivity index (χ0n) is 13.3. The number of aryl methyl sites for hydroxylation is 1. The third-order valence-electron chi connectivity index (χ3n) is 3.17. The van der Waals surface area contributed by atoms with E-state index in [1.54, 1.807) is 30.3 Å². The molecule has 0 aliphatic heterocycles. The van der Waals surface area contributed by atoms with Gasteiger partial charge in [-0.2, -0.15) is 0 Å². The average Bonchev–Trinajstić information content (AvgIpc) is 2.54. The molecule has 0 aromatic heterocycles. The van der Waals surface area contributed by atoms with Gasteiger partial charge in [0.05, 0.1) is 7.11 Å². The molecule has 120 valence electrons. The molecular weight excluding hydrogens is 296 g/mol. The molecule has 2 aromatic carbocycles. The smallest absolute Gasteiger partial charge is 0.349 e. The summed E-state index contributed by atoms with van der Waals surface area (Å²) < 4.78 is 15.7. The highest BCUT2D eigenvalue weighted by atomic mass is 16.6. The third kappa shape index (κ3) is 4.57. The molecule has 2 rings (SSSR count). The first kappa shape index (κ1) is 16.5. The van der Waals surface area contributed by atoms with Gasteiger partial charge in [0.25, 0.3) is 0 Å². The van der Waals surface area contributed by atoms with Crippen LogP contribution in [0.15, 0.2) is 42.5 Å². The predicted octanol–water partition coefficient (Wildman–Crippen LogP) is 3.19. The Morgan fingerprint density at radius 2 is 1.70 bits per heavy atom. The van der Waals surface area contributed by atoms with Gasteiger partial charge in [-0.1, -0.05) is 17.7 Å². The van der Waals surface area contributed by atoms with Crippen LogP contribution in [-0.4, -0.2) is 25.5 Å². The number of esters is 1. The summed E-state index contributed by atoms with van der Waals surface area (Å²) in [5.41, 5.74) is 1.59. The quantitative estimate of drug-likeness (QED) is 0.465. The number of methoxy groups -OCH3 is 1. The molecule has 0 spiro atoms. The molecule has 0 saturated carbocycles. The maximum absolute atomic E-state index is 11.8. The number of Topliss-reactive ketones (excluding diaryl/α,β-unsaturated/α-hetero) is 1. The van der Waals surface area contributed by atoms with Crippen molar-refractivity contribution in [2.24, 2.45) is 0 Å². The fourth-order valence-electron chi connectivity index (χ4n) is 1.91. The lowest BCUT2D eigenvalue weighted by Gasteiger charge is -2.11. The van der Waals surface area contributed by atoms with Crippen LogP contribution in [0.5, 0.6) is 17.2 Å². The van der Waals surface area contributed by atoms with Crippen LogP contribution in [0.1, 0.15) is 22.8 Å². The molecule has 0 radical (unpaired) electrons. The van der Waals surface area contributed by atoms with E-state index in [-0.39, 0.29) is 12.4 Å². The molecule has 2 aromatic rings. The summed E-state index contributed by atoms with van der Waals surface area (Å²) >= 11 is 0. The third-order valence-corrected chi connectivity index (χ3v) is 3.17. The van der Waals surface area contributed by atoms with Crippen molar-refractivity contribution in [2.75, 3.05) is 13.7 Å². The van der Waals surface area contributed by atoms with E-state index < -0.39 is 5.97 Å². The predicted molar refractivity (Wildman–Crippen MR) is 85.3 cm³/mol. The molecule has 0 fully saturated rings. The largest absolute Gasteiger partial charge is 0.493 e. The molecule has 23 heavy (non-hydrogen) atoms. The molecule has 0 N–H and O–H groups in total. The Morgan fingerprint density at radius 1 is 1.00 bits per heavy atom. The van der Waals surface area contributed by atoms with Gasteiger partial charge in [-0.15, -0.1) is 0 Å². The van der Waals surface area contributed by atoms with Crippen LogP contribution in [0.25, 0.3) is 0 Å². The fourth-order valence-corrected chi connectivity index (χ4v) is 1.91. The molecule has 5 nitrogen and oxygen atoms in total. The summed E-state index contributed by atoms with van der Waals surface area (Å²) in [6, 6.07) is 11.9. The average molecular weight is 314 g/mol. The highest BCUT2D eigenvalue weighted by Crippen LogP contribution is 2.28. The lowest BCUT2D eigenvalue weighted by atomic mass is 10.1. The Hall–Kier alpha value is -2.82. The van der Waals surface area contributed by atoms with Crippen LogP contribution < -0.4 is 14.2 Å². The van der Waals surface area contributed by atoms with Crippen molar-refractivity contribution < 1.29 is 23.8 Å². The van der Waals surface area contributed by atoms with Gasteiger partial charge in [0.2, 0.25) is 0 Å². The number of ether oxygens (including phenoxy) is 3. The van der Waals surface area contributed by atoms with Gasteiger partial charge >= 0.3 is 5.97 Å². The number of hydrogen-bond donors (Lipinski definition) is 0. The summed E-state index contributed by atoms with van der Waals surface area (Å²) in [6.07, 6.45) is 0. The van der Waals surface area contributed by atoms with Gasteiger partial charge in [0.1, 0.15) is 5.75 Å².